The second-order valence-electron chi connectivity index (χ2n) is 4.04. The highest BCUT2D eigenvalue weighted by Gasteiger charge is 2.07. The van der Waals surface area contributed by atoms with E-state index in [1.165, 1.54) is 0 Å². The van der Waals surface area contributed by atoms with Crippen LogP contribution in [0.3, 0.4) is 0 Å². The summed E-state index contributed by atoms with van der Waals surface area (Å²) < 4.78 is 2.59. The van der Waals surface area contributed by atoms with Crippen molar-refractivity contribution in [2.75, 3.05) is 5.32 Å². The van der Waals surface area contributed by atoms with Crippen LogP contribution in [0.15, 0.2) is 28.9 Å². The number of nitrogens with zero attached hydrogens (tertiary/aromatic N) is 3. The molecule has 0 saturated heterocycles. The molecular formula is C13H13BrN4. The van der Waals surface area contributed by atoms with E-state index >= 15 is 0 Å². The zero-order valence-electron chi connectivity index (χ0n) is 10.2. The van der Waals surface area contributed by atoms with E-state index in [9.17, 15) is 0 Å². The number of halogens is 1. The topological polar surface area (TPSA) is 53.6 Å². The van der Waals surface area contributed by atoms with Gasteiger partial charge in [0.2, 0.25) is 0 Å². The second kappa shape index (κ2) is 5.23. The fraction of sp³-hybridized carbons (Fsp3) is 0.231. The maximum Gasteiger partial charge on any atom is 0.103 e. The van der Waals surface area contributed by atoms with E-state index in [1.54, 1.807) is 4.68 Å². The number of hydrogen-bond donors (Lipinski definition) is 1. The number of nitriles is 1. The Balaban J connectivity index is 2.19. The molecule has 0 aliphatic rings. The number of hydrogen-bond acceptors (Lipinski definition) is 3. The molecule has 1 heterocycles. The highest BCUT2D eigenvalue weighted by atomic mass is 79.9. The molecule has 92 valence electrons. The number of benzene rings is 1. The molecule has 2 rings (SSSR count). The molecule has 1 N–H and O–H groups in total. The van der Waals surface area contributed by atoms with Crippen molar-refractivity contribution in [1.82, 2.24) is 9.78 Å². The van der Waals surface area contributed by atoms with Gasteiger partial charge in [0.1, 0.15) is 6.07 Å². The minimum Gasteiger partial charge on any atom is -0.380 e. The van der Waals surface area contributed by atoms with Gasteiger partial charge in [-0.25, -0.2) is 0 Å². The zero-order valence-corrected chi connectivity index (χ0v) is 11.8. The largest absolute Gasteiger partial charge is 0.380 e. The third-order valence-corrected chi connectivity index (χ3v) is 3.37. The maximum atomic E-state index is 9.12. The van der Waals surface area contributed by atoms with Crippen molar-refractivity contribution >= 4 is 21.6 Å². The van der Waals surface area contributed by atoms with Gasteiger partial charge in [-0.2, -0.15) is 10.4 Å². The Morgan fingerprint density at radius 1 is 1.50 bits per heavy atom. The summed E-state index contributed by atoms with van der Waals surface area (Å²) in [4.78, 5) is 0. The van der Waals surface area contributed by atoms with Gasteiger partial charge in [0.15, 0.2) is 0 Å². The van der Waals surface area contributed by atoms with Gasteiger partial charge < -0.3 is 5.32 Å². The summed E-state index contributed by atoms with van der Waals surface area (Å²) in [6.07, 6.45) is 1.98. The van der Waals surface area contributed by atoms with Gasteiger partial charge in [0, 0.05) is 29.8 Å². The minimum atomic E-state index is 0.624. The van der Waals surface area contributed by atoms with Crippen LogP contribution in [0.1, 0.15) is 16.8 Å². The van der Waals surface area contributed by atoms with Gasteiger partial charge in [-0.1, -0.05) is 6.07 Å². The molecule has 0 amide bonds. The molecule has 18 heavy (non-hydrogen) atoms. The first-order valence-electron chi connectivity index (χ1n) is 5.53. The molecule has 5 heteroatoms. The maximum absolute atomic E-state index is 9.12. The van der Waals surface area contributed by atoms with Crippen molar-refractivity contribution in [3.63, 3.8) is 0 Å². The van der Waals surface area contributed by atoms with E-state index in [0.29, 0.717) is 12.1 Å². The first-order chi connectivity index (χ1) is 8.61. The Kier molecular flexibility index (Phi) is 3.68. The molecule has 4 nitrogen and oxygen atoms in total. The van der Waals surface area contributed by atoms with Gasteiger partial charge >= 0.3 is 0 Å². The van der Waals surface area contributed by atoms with Crippen LogP contribution >= 0.6 is 15.9 Å². The Hall–Kier alpha value is -1.80. The van der Waals surface area contributed by atoms with Gasteiger partial charge in [-0.15, -0.1) is 0 Å². The molecule has 0 atom stereocenters. The molecule has 0 aliphatic heterocycles. The molecule has 0 unspecified atom stereocenters. The number of aromatic nitrogens is 2. The lowest BCUT2D eigenvalue weighted by Crippen LogP contribution is -2.02. The summed E-state index contributed by atoms with van der Waals surface area (Å²) in [6.45, 7) is 2.63. The molecule has 0 aliphatic carbocycles. The molecule has 0 saturated carbocycles. The average molecular weight is 305 g/mol. The van der Waals surface area contributed by atoms with E-state index in [1.807, 2.05) is 38.4 Å². The Morgan fingerprint density at radius 3 is 2.89 bits per heavy atom. The highest BCUT2D eigenvalue weighted by molar-refractivity contribution is 9.10. The van der Waals surface area contributed by atoms with Crippen LogP contribution in [0.5, 0.6) is 0 Å². The van der Waals surface area contributed by atoms with Crippen molar-refractivity contribution in [3.8, 4) is 6.07 Å². The van der Waals surface area contributed by atoms with Crippen molar-refractivity contribution < 1.29 is 0 Å². The summed E-state index contributed by atoms with van der Waals surface area (Å²) in [5.41, 5.74) is 3.58. The molecule has 1 aromatic heterocycles. The van der Waals surface area contributed by atoms with Crippen molar-refractivity contribution in [3.05, 3.63) is 45.7 Å². The summed E-state index contributed by atoms with van der Waals surface area (Å²) in [6, 6.07) is 7.85. The molecule has 0 radical (unpaired) electrons. The van der Waals surface area contributed by atoms with Crippen LogP contribution in [0, 0.1) is 18.3 Å². The predicted octanol–water partition coefficient (Wildman–Crippen LogP) is 2.97. The van der Waals surface area contributed by atoms with Crippen LogP contribution in [-0.2, 0) is 13.6 Å². The molecule has 0 bridgehead atoms. The third-order valence-electron chi connectivity index (χ3n) is 2.71. The number of anilines is 1. The van der Waals surface area contributed by atoms with Crippen molar-refractivity contribution in [2.45, 2.75) is 13.5 Å². The lowest BCUT2D eigenvalue weighted by Gasteiger charge is -2.08. The molecule has 0 fully saturated rings. The van der Waals surface area contributed by atoms with E-state index in [2.05, 4.69) is 32.4 Å². The average Bonchev–Trinajstić information content (AvgIpc) is 2.65. The summed E-state index contributed by atoms with van der Waals surface area (Å²) in [7, 11) is 1.90. The van der Waals surface area contributed by atoms with Gasteiger partial charge in [-0.05, 0) is 35.0 Å². The van der Waals surface area contributed by atoms with Crippen LogP contribution in [0.4, 0.5) is 5.69 Å². The summed E-state index contributed by atoms with van der Waals surface area (Å²) in [5.74, 6) is 0. The molecular weight excluding hydrogens is 292 g/mol. The van der Waals surface area contributed by atoms with Crippen LogP contribution in [-0.4, -0.2) is 9.78 Å². The summed E-state index contributed by atoms with van der Waals surface area (Å²) >= 11 is 3.37. The Morgan fingerprint density at radius 2 is 2.28 bits per heavy atom. The molecule has 2 aromatic rings. The van der Waals surface area contributed by atoms with Crippen molar-refractivity contribution in [1.29, 1.82) is 5.26 Å². The molecule has 0 spiro atoms. The fourth-order valence-electron chi connectivity index (χ4n) is 1.80. The first-order valence-corrected chi connectivity index (χ1v) is 6.32. The van der Waals surface area contributed by atoms with E-state index in [4.69, 9.17) is 5.26 Å². The van der Waals surface area contributed by atoms with Crippen LogP contribution in [0.2, 0.25) is 0 Å². The lowest BCUT2D eigenvalue weighted by atomic mass is 10.2. The van der Waals surface area contributed by atoms with Gasteiger partial charge in [-0.3, -0.25) is 4.68 Å². The standard InChI is InChI=1S/C13H13BrN4/c1-9-10(8-18(2)17-9)7-16-13-5-3-4-12(14)11(13)6-15/h3-5,8,16H,7H2,1-2H3. The van der Waals surface area contributed by atoms with Crippen LogP contribution < -0.4 is 5.32 Å². The van der Waals surface area contributed by atoms with Gasteiger partial charge in [0.05, 0.1) is 16.9 Å². The number of rotatable bonds is 3. The fourth-order valence-corrected chi connectivity index (χ4v) is 2.25. The monoisotopic (exact) mass is 304 g/mol. The van der Waals surface area contributed by atoms with E-state index in [0.717, 1.165) is 21.4 Å². The number of nitrogens with one attached hydrogen (secondary N) is 1. The Labute approximate surface area is 114 Å². The zero-order chi connectivity index (χ0) is 13.1. The number of aryl methyl sites for hydroxylation is 2. The minimum absolute atomic E-state index is 0.624. The van der Waals surface area contributed by atoms with Crippen molar-refractivity contribution in [2.24, 2.45) is 7.05 Å². The van der Waals surface area contributed by atoms with Gasteiger partial charge in [0.25, 0.3) is 0 Å². The van der Waals surface area contributed by atoms with E-state index in [-0.39, 0.29) is 0 Å². The predicted molar refractivity (Wildman–Crippen MR) is 74.1 cm³/mol. The molecule has 1 aromatic carbocycles. The quantitative estimate of drug-likeness (QED) is 0.948. The lowest BCUT2D eigenvalue weighted by molar-refractivity contribution is 0.756. The SMILES string of the molecule is Cc1nn(C)cc1CNc1cccc(Br)c1C#N. The Bertz CT molecular complexity index is 610. The highest BCUT2D eigenvalue weighted by Crippen LogP contribution is 2.24. The summed E-state index contributed by atoms with van der Waals surface area (Å²) in [5, 5.41) is 16.7. The van der Waals surface area contributed by atoms with E-state index < -0.39 is 0 Å². The van der Waals surface area contributed by atoms with Crippen LogP contribution in [0.25, 0.3) is 0 Å². The second-order valence-corrected chi connectivity index (χ2v) is 4.90. The first kappa shape index (κ1) is 12.7. The third kappa shape index (κ3) is 2.54. The normalized spacial score (nSPS) is 10.1. The smallest absolute Gasteiger partial charge is 0.103 e.